The number of aromatic nitrogens is 5. The number of rotatable bonds is 6. The Bertz CT molecular complexity index is 1250. The van der Waals surface area contributed by atoms with Crippen molar-refractivity contribution in [2.24, 2.45) is 0 Å². The highest BCUT2D eigenvalue weighted by Crippen LogP contribution is 2.15. The number of hydrogen-bond donors (Lipinski definition) is 2. The summed E-state index contributed by atoms with van der Waals surface area (Å²) in [5.74, 6) is -0.682. The minimum Gasteiger partial charge on any atom is -0.349 e. The van der Waals surface area contributed by atoms with E-state index in [9.17, 15) is 9.59 Å². The molecule has 4 rings (SSSR count). The molecule has 2 N–H and O–H groups in total. The van der Waals surface area contributed by atoms with Crippen molar-refractivity contribution >= 4 is 22.8 Å². The van der Waals surface area contributed by atoms with Gasteiger partial charge in [0.05, 0.1) is 22.9 Å². The van der Waals surface area contributed by atoms with Gasteiger partial charge in [0.15, 0.2) is 0 Å². The van der Waals surface area contributed by atoms with Crippen LogP contribution in [0.4, 0.5) is 0 Å². The highest BCUT2D eigenvalue weighted by atomic mass is 16.2. The van der Waals surface area contributed by atoms with Crippen molar-refractivity contribution < 1.29 is 9.59 Å². The highest BCUT2D eigenvalue weighted by Gasteiger charge is 2.13. The van der Waals surface area contributed by atoms with E-state index in [0.717, 1.165) is 22.3 Å². The summed E-state index contributed by atoms with van der Waals surface area (Å²) in [6, 6.07) is 10.5. The number of fused-ring (bicyclic) bond motifs is 1. The molecule has 3 heterocycles. The van der Waals surface area contributed by atoms with E-state index in [-0.39, 0.29) is 35.8 Å². The SMILES string of the molecule is CC(C)NC(=O)c1cccc(C(=O)NCc2cnn(-c3ccc4nccnc4c3)c2)n1. The van der Waals surface area contributed by atoms with E-state index in [4.69, 9.17) is 0 Å². The minimum absolute atomic E-state index is 0.0158. The first-order chi connectivity index (χ1) is 15.0. The van der Waals surface area contributed by atoms with E-state index < -0.39 is 0 Å². The molecule has 0 saturated carbocycles. The summed E-state index contributed by atoms with van der Waals surface area (Å²) in [6.07, 6.45) is 6.81. The summed E-state index contributed by atoms with van der Waals surface area (Å²) in [5.41, 5.74) is 3.63. The van der Waals surface area contributed by atoms with Crippen LogP contribution in [-0.4, -0.2) is 42.6 Å². The van der Waals surface area contributed by atoms with Gasteiger partial charge in [-0.1, -0.05) is 6.07 Å². The predicted molar refractivity (Wildman–Crippen MR) is 115 cm³/mol. The van der Waals surface area contributed by atoms with Crippen LogP contribution in [0.1, 0.15) is 40.4 Å². The zero-order valence-corrected chi connectivity index (χ0v) is 17.1. The van der Waals surface area contributed by atoms with Crippen molar-refractivity contribution in [3.05, 3.63) is 78.1 Å². The van der Waals surface area contributed by atoms with Crippen LogP contribution in [0.15, 0.2) is 61.2 Å². The summed E-state index contributed by atoms with van der Waals surface area (Å²) in [5, 5.41) is 9.93. The number of hydrogen-bond acceptors (Lipinski definition) is 6. The second-order valence-electron chi connectivity index (χ2n) is 7.24. The summed E-state index contributed by atoms with van der Waals surface area (Å²) >= 11 is 0. The van der Waals surface area contributed by atoms with Crippen LogP contribution < -0.4 is 10.6 Å². The average Bonchev–Trinajstić information content (AvgIpc) is 3.26. The third-order valence-corrected chi connectivity index (χ3v) is 4.44. The van der Waals surface area contributed by atoms with Crippen molar-refractivity contribution in [3.8, 4) is 5.69 Å². The molecule has 4 aromatic rings. The maximum atomic E-state index is 12.5. The minimum atomic E-state index is -0.368. The zero-order valence-electron chi connectivity index (χ0n) is 17.1. The standard InChI is InChI=1S/C22H21N7O2/c1-14(2)27-22(31)19-5-3-4-18(28-19)21(30)25-11-15-12-26-29(13-15)16-6-7-17-20(10-16)24-9-8-23-17/h3-10,12-14H,11H2,1-2H3,(H,25,30)(H,27,31). The summed E-state index contributed by atoms with van der Waals surface area (Å²) in [4.78, 5) is 37.3. The normalized spacial score (nSPS) is 10.9. The third-order valence-electron chi connectivity index (χ3n) is 4.44. The fourth-order valence-corrected chi connectivity index (χ4v) is 2.98. The molecule has 9 nitrogen and oxygen atoms in total. The molecule has 0 aliphatic rings. The van der Waals surface area contributed by atoms with Gasteiger partial charge in [0.2, 0.25) is 0 Å². The van der Waals surface area contributed by atoms with Gasteiger partial charge in [0, 0.05) is 36.7 Å². The second kappa shape index (κ2) is 8.70. The molecule has 0 aliphatic heterocycles. The molecule has 1 aromatic carbocycles. The molecular weight excluding hydrogens is 394 g/mol. The van der Waals surface area contributed by atoms with Crippen molar-refractivity contribution in [1.29, 1.82) is 0 Å². The number of nitrogens with zero attached hydrogens (tertiary/aromatic N) is 5. The lowest BCUT2D eigenvalue weighted by Crippen LogP contribution is -2.31. The summed E-state index contributed by atoms with van der Waals surface area (Å²) in [6.45, 7) is 4.00. The molecule has 0 fully saturated rings. The largest absolute Gasteiger partial charge is 0.349 e. The number of amides is 2. The van der Waals surface area contributed by atoms with Crippen LogP contribution in [0.2, 0.25) is 0 Å². The zero-order chi connectivity index (χ0) is 21.8. The number of pyridine rings is 1. The number of carbonyl (C=O) groups is 2. The van der Waals surface area contributed by atoms with Crippen molar-refractivity contribution in [3.63, 3.8) is 0 Å². The monoisotopic (exact) mass is 415 g/mol. The van der Waals surface area contributed by atoms with Gasteiger partial charge in [-0.05, 0) is 44.2 Å². The number of carbonyl (C=O) groups excluding carboxylic acids is 2. The Morgan fingerprint density at radius 1 is 1.00 bits per heavy atom. The average molecular weight is 415 g/mol. The second-order valence-corrected chi connectivity index (χ2v) is 7.24. The molecular formula is C22H21N7O2. The summed E-state index contributed by atoms with van der Waals surface area (Å²) in [7, 11) is 0. The lowest BCUT2D eigenvalue weighted by Gasteiger charge is -2.08. The topological polar surface area (TPSA) is 115 Å². The molecule has 0 unspecified atom stereocenters. The quantitative estimate of drug-likeness (QED) is 0.499. The van der Waals surface area contributed by atoms with Crippen LogP contribution in [0.25, 0.3) is 16.7 Å². The Morgan fingerprint density at radius 2 is 1.74 bits per heavy atom. The molecule has 0 bridgehead atoms. The van der Waals surface area contributed by atoms with E-state index >= 15 is 0 Å². The number of benzene rings is 1. The van der Waals surface area contributed by atoms with Gasteiger partial charge in [-0.2, -0.15) is 5.10 Å². The first-order valence-corrected chi connectivity index (χ1v) is 9.80. The Hall–Kier alpha value is -4.14. The Labute approximate surface area is 178 Å². The Morgan fingerprint density at radius 3 is 2.52 bits per heavy atom. The molecule has 31 heavy (non-hydrogen) atoms. The first-order valence-electron chi connectivity index (χ1n) is 9.80. The van der Waals surface area contributed by atoms with Gasteiger partial charge in [-0.15, -0.1) is 0 Å². The van der Waals surface area contributed by atoms with Gasteiger partial charge in [-0.25, -0.2) is 9.67 Å². The highest BCUT2D eigenvalue weighted by molar-refractivity contribution is 5.96. The van der Waals surface area contributed by atoms with Crippen LogP contribution in [-0.2, 0) is 6.54 Å². The van der Waals surface area contributed by atoms with E-state index in [1.165, 1.54) is 0 Å². The van der Waals surface area contributed by atoms with Crippen LogP contribution in [0.5, 0.6) is 0 Å². The van der Waals surface area contributed by atoms with E-state index in [1.807, 2.05) is 38.2 Å². The molecule has 0 radical (unpaired) electrons. The molecule has 0 saturated heterocycles. The lowest BCUT2D eigenvalue weighted by molar-refractivity contribution is 0.0936. The molecule has 0 aliphatic carbocycles. The Balaban J connectivity index is 1.42. The fraction of sp³-hybridized carbons (Fsp3) is 0.182. The van der Waals surface area contributed by atoms with Gasteiger partial charge in [0.25, 0.3) is 11.8 Å². The van der Waals surface area contributed by atoms with E-state index in [1.54, 1.807) is 41.5 Å². The lowest BCUT2D eigenvalue weighted by atomic mass is 10.2. The van der Waals surface area contributed by atoms with Gasteiger partial charge in [-0.3, -0.25) is 19.6 Å². The van der Waals surface area contributed by atoms with Crippen LogP contribution >= 0.6 is 0 Å². The maximum Gasteiger partial charge on any atom is 0.270 e. The third kappa shape index (κ3) is 4.72. The van der Waals surface area contributed by atoms with E-state index in [2.05, 4.69) is 30.7 Å². The molecule has 3 aromatic heterocycles. The maximum absolute atomic E-state index is 12.5. The number of nitrogens with one attached hydrogen (secondary N) is 2. The van der Waals surface area contributed by atoms with Gasteiger partial charge >= 0.3 is 0 Å². The molecule has 9 heteroatoms. The molecule has 0 atom stereocenters. The van der Waals surface area contributed by atoms with Crippen molar-refractivity contribution in [1.82, 2.24) is 35.4 Å². The van der Waals surface area contributed by atoms with Crippen LogP contribution in [0, 0.1) is 0 Å². The molecule has 156 valence electrons. The molecule has 2 amide bonds. The van der Waals surface area contributed by atoms with Gasteiger partial charge in [0.1, 0.15) is 11.4 Å². The van der Waals surface area contributed by atoms with Crippen LogP contribution in [0.3, 0.4) is 0 Å². The van der Waals surface area contributed by atoms with Gasteiger partial charge < -0.3 is 10.6 Å². The van der Waals surface area contributed by atoms with Crippen molar-refractivity contribution in [2.45, 2.75) is 26.4 Å². The smallest absolute Gasteiger partial charge is 0.270 e. The molecule has 0 spiro atoms. The fourth-order valence-electron chi connectivity index (χ4n) is 2.98. The Kier molecular flexibility index (Phi) is 5.65. The first kappa shape index (κ1) is 20.1. The summed E-state index contributed by atoms with van der Waals surface area (Å²) < 4.78 is 1.71. The van der Waals surface area contributed by atoms with Crippen molar-refractivity contribution in [2.75, 3.05) is 0 Å². The predicted octanol–water partition coefficient (Wildman–Crippen LogP) is 2.28. The van der Waals surface area contributed by atoms with E-state index in [0.29, 0.717) is 0 Å².